The number of hydrogen-bond donors (Lipinski definition) is 2. The van der Waals surface area contributed by atoms with Crippen molar-refractivity contribution in [3.63, 3.8) is 0 Å². The first-order valence-corrected chi connectivity index (χ1v) is 12.7. The maximum absolute atomic E-state index is 13.2. The number of nitrogens with zero attached hydrogens (tertiary/aromatic N) is 2. The normalized spacial score (nSPS) is 15.8. The Morgan fingerprint density at radius 1 is 1.21 bits per heavy atom. The van der Waals surface area contributed by atoms with Crippen LogP contribution in [0.1, 0.15) is 29.8 Å². The van der Waals surface area contributed by atoms with E-state index < -0.39 is 22.0 Å². The van der Waals surface area contributed by atoms with E-state index in [9.17, 15) is 18.0 Å². The lowest BCUT2D eigenvalue weighted by atomic mass is 10.1. The molecule has 2 amide bonds. The lowest BCUT2D eigenvalue weighted by Gasteiger charge is -2.23. The second-order valence-corrected chi connectivity index (χ2v) is 10.3. The van der Waals surface area contributed by atoms with Gasteiger partial charge in [0, 0.05) is 23.0 Å². The van der Waals surface area contributed by atoms with Crippen molar-refractivity contribution in [2.24, 2.45) is 0 Å². The average molecular weight is 489 g/mol. The molecule has 1 saturated heterocycles. The topological polar surface area (TPSA) is 129 Å². The molecule has 0 spiro atoms. The summed E-state index contributed by atoms with van der Waals surface area (Å²) in [6, 6.07) is 11.5. The molecule has 9 nitrogen and oxygen atoms in total. The van der Waals surface area contributed by atoms with Crippen LogP contribution >= 0.6 is 11.8 Å². The summed E-state index contributed by atoms with van der Waals surface area (Å²) in [5, 5.41) is 11.7. The maximum Gasteiger partial charge on any atom is 0.255 e. The number of carbonyl (C=O) groups is 2. The minimum Gasteiger partial charge on any atom is -0.495 e. The summed E-state index contributed by atoms with van der Waals surface area (Å²) in [6.45, 7) is 3.38. The number of carbonyl (C=O) groups excluding carboxylic acids is 2. The van der Waals surface area contributed by atoms with Crippen molar-refractivity contribution >= 4 is 39.3 Å². The zero-order chi connectivity index (χ0) is 24.2. The third-order valence-corrected chi connectivity index (χ3v) is 7.51. The SMILES string of the molecule is COc1ccc(C(=O)N2CSCC2C(=O)Nc2ccc(C#N)cc2)cc1S(=O)(=O)NC(C)C. The molecule has 1 aliphatic heterocycles. The molecule has 1 heterocycles. The highest BCUT2D eigenvalue weighted by Gasteiger charge is 2.36. The van der Waals surface area contributed by atoms with Gasteiger partial charge >= 0.3 is 0 Å². The number of amides is 2. The second-order valence-electron chi connectivity index (χ2n) is 7.61. The minimum absolute atomic E-state index is 0.116. The number of thioether (sulfide) groups is 1. The molecule has 0 bridgehead atoms. The molecule has 0 saturated carbocycles. The van der Waals surface area contributed by atoms with Crippen molar-refractivity contribution in [3.05, 3.63) is 53.6 Å². The molecule has 2 aromatic rings. The summed E-state index contributed by atoms with van der Waals surface area (Å²) in [5.41, 5.74) is 1.12. The lowest BCUT2D eigenvalue weighted by molar-refractivity contribution is -0.119. The van der Waals surface area contributed by atoms with Crippen LogP contribution in [0.3, 0.4) is 0 Å². The van der Waals surface area contributed by atoms with Crippen molar-refractivity contribution in [1.29, 1.82) is 5.26 Å². The molecular weight excluding hydrogens is 464 g/mol. The van der Waals surface area contributed by atoms with Crippen molar-refractivity contribution in [1.82, 2.24) is 9.62 Å². The van der Waals surface area contributed by atoms with Crippen LogP contribution in [0.5, 0.6) is 5.75 Å². The fourth-order valence-electron chi connectivity index (χ4n) is 3.27. The van der Waals surface area contributed by atoms with Crippen LogP contribution < -0.4 is 14.8 Å². The molecule has 1 aliphatic rings. The number of sulfonamides is 1. The Morgan fingerprint density at radius 3 is 2.52 bits per heavy atom. The van der Waals surface area contributed by atoms with E-state index in [-0.39, 0.29) is 28.2 Å². The number of hydrogen-bond acceptors (Lipinski definition) is 7. The molecule has 33 heavy (non-hydrogen) atoms. The molecule has 1 atom stereocenters. The summed E-state index contributed by atoms with van der Waals surface area (Å²) in [7, 11) is -2.56. The number of methoxy groups -OCH3 is 1. The Hall–Kier alpha value is -3.07. The monoisotopic (exact) mass is 488 g/mol. The number of benzene rings is 2. The van der Waals surface area contributed by atoms with E-state index in [4.69, 9.17) is 10.00 Å². The van der Waals surface area contributed by atoms with Gasteiger partial charge in [0.2, 0.25) is 15.9 Å². The van der Waals surface area contributed by atoms with E-state index in [2.05, 4.69) is 10.0 Å². The van der Waals surface area contributed by atoms with Gasteiger partial charge in [0.25, 0.3) is 5.91 Å². The van der Waals surface area contributed by atoms with Gasteiger partial charge < -0.3 is 15.0 Å². The average Bonchev–Trinajstić information content (AvgIpc) is 3.28. The minimum atomic E-state index is -3.91. The van der Waals surface area contributed by atoms with Gasteiger partial charge in [-0.1, -0.05) is 0 Å². The van der Waals surface area contributed by atoms with Crippen LogP contribution in [0.25, 0.3) is 0 Å². The fraction of sp³-hybridized carbons (Fsp3) is 0.318. The predicted octanol–water partition coefficient (Wildman–Crippen LogP) is 2.41. The first kappa shape index (κ1) is 24.6. The molecule has 2 N–H and O–H groups in total. The van der Waals surface area contributed by atoms with Crippen molar-refractivity contribution in [3.8, 4) is 11.8 Å². The molecule has 11 heteroatoms. The van der Waals surface area contributed by atoms with Crippen LogP contribution in [-0.2, 0) is 14.8 Å². The predicted molar refractivity (Wildman–Crippen MR) is 126 cm³/mol. The Morgan fingerprint density at radius 2 is 1.91 bits per heavy atom. The Labute approximate surface area is 197 Å². The van der Waals surface area contributed by atoms with Crippen LogP contribution in [0, 0.1) is 11.3 Å². The first-order chi connectivity index (χ1) is 15.7. The fourth-order valence-corrected chi connectivity index (χ4v) is 5.87. The number of nitriles is 1. The van der Waals surface area contributed by atoms with Gasteiger partial charge in [0.1, 0.15) is 16.7 Å². The summed E-state index contributed by atoms with van der Waals surface area (Å²) < 4.78 is 33.1. The van der Waals surface area contributed by atoms with Gasteiger partial charge in [-0.3, -0.25) is 9.59 Å². The van der Waals surface area contributed by atoms with Crippen LogP contribution in [0.4, 0.5) is 5.69 Å². The highest BCUT2D eigenvalue weighted by molar-refractivity contribution is 7.99. The van der Waals surface area contributed by atoms with Gasteiger partial charge in [-0.2, -0.15) is 5.26 Å². The van der Waals surface area contributed by atoms with E-state index >= 15 is 0 Å². The largest absolute Gasteiger partial charge is 0.495 e. The summed E-state index contributed by atoms with van der Waals surface area (Å²) >= 11 is 1.43. The van der Waals surface area contributed by atoms with Gasteiger partial charge in [-0.25, -0.2) is 13.1 Å². The molecule has 0 aliphatic carbocycles. The highest BCUT2D eigenvalue weighted by Crippen LogP contribution is 2.29. The number of rotatable bonds is 7. The summed E-state index contributed by atoms with van der Waals surface area (Å²) in [6.07, 6.45) is 0. The number of ether oxygens (including phenoxy) is 1. The van der Waals surface area contributed by atoms with Crippen LogP contribution in [-0.4, -0.2) is 56.0 Å². The summed E-state index contributed by atoms with van der Waals surface area (Å²) in [4.78, 5) is 27.4. The molecule has 1 unspecified atom stereocenters. The van der Waals surface area contributed by atoms with E-state index in [0.29, 0.717) is 22.9 Å². The van der Waals surface area contributed by atoms with Crippen LogP contribution in [0.15, 0.2) is 47.4 Å². The molecule has 3 rings (SSSR count). The summed E-state index contributed by atoms with van der Waals surface area (Å²) in [5.74, 6) is 0.00215. The van der Waals surface area contributed by atoms with Gasteiger partial charge in [-0.15, -0.1) is 11.8 Å². The second kappa shape index (κ2) is 10.2. The van der Waals surface area contributed by atoms with Gasteiger partial charge in [-0.05, 0) is 56.3 Å². The highest BCUT2D eigenvalue weighted by atomic mass is 32.2. The van der Waals surface area contributed by atoms with Crippen LogP contribution in [0.2, 0.25) is 0 Å². The van der Waals surface area contributed by atoms with E-state index in [1.807, 2.05) is 6.07 Å². The molecular formula is C22H24N4O5S2. The van der Waals surface area contributed by atoms with Crippen molar-refractivity contribution in [2.45, 2.75) is 30.8 Å². The van der Waals surface area contributed by atoms with E-state index in [1.165, 1.54) is 42.0 Å². The molecule has 174 valence electrons. The third kappa shape index (κ3) is 5.65. The van der Waals surface area contributed by atoms with Gasteiger partial charge in [0.05, 0.1) is 24.6 Å². The zero-order valence-electron chi connectivity index (χ0n) is 18.4. The number of anilines is 1. The third-order valence-electron chi connectivity index (χ3n) is 4.82. The smallest absolute Gasteiger partial charge is 0.255 e. The quantitative estimate of drug-likeness (QED) is 0.612. The van der Waals surface area contributed by atoms with E-state index in [0.717, 1.165) is 0 Å². The van der Waals surface area contributed by atoms with Gasteiger partial charge in [0.15, 0.2) is 0 Å². The standard InChI is InChI=1S/C22H24N4O5S2/c1-14(2)25-33(29,30)20-10-16(6-9-19(20)31-3)22(28)26-13-32-12-18(26)21(27)24-17-7-4-15(11-23)5-8-17/h4-10,14,18,25H,12-13H2,1-3H3,(H,24,27). The van der Waals surface area contributed by atoms with Crippen molar-refractivity contribution < 1.29 is 22.7 Å². The van der Waals surface area contributed by atoms with E-state index in [1.54, 1.807) is 38.1 Å². The molecule has 1 fully saturated rings. The molecule has 2 aromatic carbocycles. The Kier molecular flexibility index (Phi) is 7.63. The number of nitrogens with one attached hydrogen (secondary N) is 2. The Balaban J connectivity index is 1.83. The maximum atomic E-state index is 13.2. The molecule has 0 aromatic heterocycles. The Bertz CT molecular complexity index is 1190. The first-order valence-electron chi connectivity index (χ1n) is 10.1. The zero-order valence-corrected chi connectivity index (χ0v) is 20.0. The van der Waals surface area contributed by atoms with Crippen molar-refractivity contribution in [2.75, 3.05) is 24.1 Å². The lowest BCUT2D eigenvalue weighted by Crippen LogP contribution is -2.44. The molecule has 0 radical (unpaired) electrons.